The molecular formula is C15H21F2NO. The fourth-order valence-electron chi connectivity index (χ4n) is 2.63. The Morgan fingerprint density at radius 2 is 2.26 bits per heavy atom. The lowest BCUT2D eigenvalue weighted by molar-refractivity contribution is 0.0995. The standard InChI is InChI=1S/C15H21F2NO/c1-2-18-14(9-8-11-5-4-10-19-11)12-6-3-7-13(16)15(12)17/h3,6-7,11,14,18H,2,4-5,8-10H2,1H3. The highest BCUT2D eigenvalue weighted by atomic mass is 19.2. The molecule has 2 atom stereocenters. The van der Waals surface area contributed by atoms with Gasteiger partial charge in [0.15, 0.2) is 11.6 Å². The molecule has 1 N–H and O–H groups in total. The van der Waals surface area contributed by atoms with E-state index in [4.69, 9.17) is 4.74 Å². The molecule has 106 valence electrons. The fourth-order valence-corrected chi connectivity index (χ4v) is 2.63. The molecule has 0 amide bonds. The van der Waals surface area contributed by atoms with E-state index in [9.17, 15) is 8.78 Å². The van der Waals surface area contributed by atoms with Gasteiger partial charge in [0.05, 0.1) is 6.10 Å². The van der Waals surface area contributed by atoms with Crippen molar-refractivity contribution in [3.63, 3.8) is 0 Å². The number of hydrogen-bond acceptors (Lipinski definition) is 2. The maximum atomic E-state index is 13.8. The van der Waals surface area contributed by atoms with E-state index in [1.165, 1.54) is 0 Å². The third kappa shape index (κ3) is 3.74. The Bertz CT molecular complexity index is 405. The molecule has 1 aliphatic heterocycles. The van der Waals surface area contributed by atoms with Crippen molar-refractivity contribution in [2.24, 2.45) is 0 Å². The van der Waals surface area contributed by atoms with Gasteiger partial charge in [0, 0.05) is 18.2 Å². The highest BCUT2D eigenvalue weighted by Gasteiger charge is 2.21. The van der Waals surface area contributed by atoms with Crippen molar-refractivity contribution in [3.05, 3.63) is 35.4 Å². The molecule has 1 heterocycles. The summed E-state index contributed by atoms with van der Waals surface area (Å²) >= 11 is 0. The van der Waals surface area contributed by atoms with E-state index in [0.717, 1.165) is 44.9 Å². The molecule has 1 saturated heterocycles. The van der Waals surface area contributed by atoms with E-state index in [-0.39, 0.29) is 12.1 Å². The van der Waals surface area contributed by atoms with E-state index in [2.05, 4.69) is 5.32 Å². The zero-order chi connectivity index (χ0) is 13.7. The van der Waals surface area contributed by atoms with Crippen LogP contribution in [0.4, 0.5) is 8.78 Å². The Labute approximate surface area is 113 Å². The molecule has 0 radical (unpaired) electrons. The predicted octanol–water partition coefficient (Wildman–Crippen LogP) is 3.57. The van der Waals surface area contributed by atoms with Gasteiger partial charge >= 0.3 is 0 Å². The van der Waals surface area contributed by atoms with Crippen LogP contribution in [0, 0.1) is 11.6 Å². The minimum Gasteiger partial charge on any atom is -0.378 e. The van der Waals surface area contributed by atoms with Gasteiger partial charge in [0.2, 0.25) is 0 Å². The first-order valence-electron chi connectivity index (χ1n) is 7.01. The number of benzene rings is 1. The summed E-state index contributed by atoms with van der Waals surface area (Å²) in [6.45, 7) is 3.52. The van der Waals surface area contributed by atoms with Crippen molar-refractivity contribution in [2.75, 3.05) is 13.2 Å². The summed E-state index contributed by atoms with van der Waals surface area (Å²) in [5.74, 6) is -1.52. The lowest BCUT2D eigenvalue weighted by Gasteiger charge is -2.20. The van der Waals surface area contributed by atoms with Gasteiger partial charge in [-0.15, -0.1) is 0 Å². The van der Waals surface area contributed by atoms with E-state index >= 15 is 0 Å². The van der Waals surface area contributed by atoms with Crippen LogP contribution in [0.5, 0.6) is 0 Å². The number of rotatable bonds is 6. The number of hydrogen-bond donors (Lipinski definition) is 1. The van der Waals surface area contributed by atoms with Gasteiger partial charge in [0.1, 0.15) is 0 Å². The highest BCUT2D eigenvalue weighted by Crippen LogP contribution is 2.26. The van der Waals surface area contributed by atoms with Crippen LogP contribution in [0.2, 0.25) is 0 Å². The van der Waals surface area contributed by atoms with Crippen molar-refractivity contribution in [1.29, 1.82) is 0 Å². The Hall–Kier alpha value is -1.00. The summed E-state index contributed by atoms with van der Waals surface area (Å²) in [5.41, 5.74) is 0.417. The topological polar surface area (TPSA) is 21.3 Å². The van der Waals surface area contributed by atoms with E-state index in [1.54, 1.807) is 12.1 Å². The molecular weight excluding hydrogens is 248 g/mol. The molecule has 0 saturated carbocycles. The largest absolute Gasteiger partial charge is 0.378 e. The first-order valence-corrected chi connectivity index (χ1v) is 7.01. The molecule has 1 aromatic rings. The Balaban J connectivity index is 2.03. The van der Waals surface area contributed by atoms with Crippen LogP contribution in [0.3, 0.4) is 0 Å². The van der Waals surface area contributed by atoms with Crippen LogP contribution < -0.4 is 5.32 Å². The fraction of sp³-hybridized carbons (Fsp3) is 0.600. The second-order valence-electron chi connectivity index (χ2n) is 4.97. The summed E-state index contributed by atoms with van der Waals surface area (Å²) in [6, 6.07) is 4.22. The third-order valence-corrected chi connectivity index (χ3v) is 3.61. The lowest BCUT2D eigenvalue weighted by Crippen LogP contribution is -2.23. The predicted molar refractivity (Wildman–Crippen MR) is 71.0 cm³/mol. The third-order valence-electron chi connectivity index (χ3n) is 3.61. The first kappa shape index (κ1) is 14.4. The van der Waals surface area contributed by atoms with Crippen LogP contribution in [0.1, 0.15) is 44.2 Å². The lowest BCUT2D eigenvalue weighted by atomic mass is 9.98. The molecule has 2 nitrogen and oxygen atoms in total. The maximum Gasteiger partial charge on any atom is 0.163 e. The Morgan fingerprint density at radius 3 is 2.95 bits per heavy atom. The molecule has 2 unspecified atom stereocenters. The first-order chi connectivity index (χ1) is 9.22. The van der Waals surface area contributed by atoms with Gasteiger partial charge in [0.25, 0.3) is 0 Å². The number of halogens is 2. The van der Waals surface area contributed by atoms with E-state index < -0.39 is 11.6 Å². The molecule has 4 heteroatoms. The van der Waals surface area contributed by atoms with Crippen molar-refractivity contribution in [2.45, 2.75) is 44.8 Å². The number of ether oxygens (including phenoxy) is 1. The average Bonchev–Trinajstić information content (AvgIpc) is 2.91. The van der Waals surface area contributed by atoms with Crippen LogP contribution >= 0.6 is 0 Å². The second kappa shape index (κ2) is 6.96. The molecule has 19 heavy (non-hydrogen) atoms. The summed E-state index contributed by atoms with van der Waals surface area (Å²) in [4.78, 5) is 0. The summed E-state index contributed by atoms with van der Waals surface area (Å²) in [6.07, 6.45) is 4.10. The Kier molecular flexibility index (Phi) is 5.28. The average molecular weight is 269 g/mol. The molecule has 1 fully saturated rings. The van der Waals surface area contributed by atoms with Gasteiger partial charge in [-0.3, -0.25) is 0 Å². The van der Waals surface area contributed by atoms with Gasteiger partial charge in [-0.1, -0.05) is 19.1 Å². The van der Waals surface area contributed by atoms with Crippen LogP contribution in [0.15, 0.2) is 18.2 Å². The minimum absolute atomic E-state index is 0.148. The van der Waals surface area contributed by atoms with Crippen molar-refractivity contribution in [3.8, 4) is 0 Å². The molecule has 1 aromatic carbocycles. The quantitative estimate of drug-likeness (QED) is 0.852. The zero-order valence-corrected chi connectivity index (χ0v) is 11.3. The molecule has 0 spiro atoms. The van der Waals surface area contributed by atoms with Crippen LogP contribution in [-0.4, -0.2) is 19.3 Å². The maximum absolute atomic E-state index is 13.8. The SMILES string of the molecule is CCNC(CCC1CCCO1)c1cccc(F)c1F. The van der Waals surface area contributed by atoms with Gasteiger partial charge < -0.3 is 10.1 Å². The van der Waals surface area contributed by atoms with Crippen LogP contribution in [0.25, 0.3) is 0 Å². The summed E-state index contributed by atoms with van der Waals surface area (Å²) in [7, 11) is 0. The molecule has 0 bridgehead atoms. The van der Waals surface area contributed by atoms with E-state index in [0.29, 0.717) is 5.56 Å². The normalized spacial score (nSPS) is 20.7. The summed E-state index contributed by atoms with van der Waals surface area (Å²) < 4.78 is 32.7. The van der Waals surface area contributed by atoms with Crippen molar-refractivity contribution >= 4 is 0 Å². The molecule has 1 aliphatic rings. The number of nitrogens with one attached hydrogen (secondary N) is 1. The molecule has 0 aromatic heterocycles. The van der Waals surface area contributed by atoms with Gasteiger partial charge in [-0.05, 0) is 38.3 Å². The monoisotopic (exact) mass is 269 g/mol. The van der Waals surface area contributed by atoms with Crippen molar-refractivity contribution in [1.82, 2.24) is 5.32 Å². The van der Waals surface area contributed by atoms with Crippen LogP contribution in [-0.2, 0) is 4.74 Å². The smallest absolute Gasteiger partial charge is 0.163 e. The van der Waals surface area contributed by atoms with Gasteiger partial charge in [-0.25, -0.2) is 8.78 Å². The zero-order valence-electron chi connectivity index (χ0n) is 11.3. The molecule has 2 rings (SSSR count). The molecule has 0 aliphatic carbocycles. The minimum atomic E-state index is -0.780. The van der Waals surface area contributed by atoms with Gasteiger partial charge in [-0.2, -0.15) is 0 Å². The summed E-state index contributed by atoms with van der Waals surface area (Å²) in [5, 5.41) is 3.23. The van der Waals surface area contributed by atoms with Crippen molar-refractivity contribution < 1.29 is 13.5 Å². The highest BCUT2D eigenvalue weighted by molar-refractivity contribution is 5.22. The Morgan fingerprint density at radius 1 is 1.42 bits per heavy atom. The van der Waals surface area contributed by atoms with E-state index in [1.807, 2.05) is 6.92 Å². The second-order valence-corrected chi connectivity index (χ2v) is 4.97.